The van der Waals surface area contributed by atoms with Crippen molar-refractivity contribution in [2.24, 2.45) is 0 Å². The molecule has 0 saturated heterocycles. The van der Waals surface area contributed by atoms with Crippen LogP contribution in [0.4, 0.5) is 5.69 Å². The minimum atomic E-state index is -0.639. The molecule has 0 aromatic heterocycles. The van der Waals surface area contributed by atoms with Gasteiger partial charge in [0.25, 0.3) is 0 Å². The molecule has 1 aromatic carbocycles. The summed E-state index contributed by atoms with van der Waals surface area (Å²) in [7, 11) is 0. The third kappa shape index (κ3) is 2.56. The maximum Gasteiger partial charge on any atom is 0.311 e. The molecule has 16 heavy (non-hydrogen) atoms. The maximum atomic E-state index is 10.8. The molecule has 0 N–H and O–H groups in total. The van der Waals surface area contributed by atoms with Gasteiger partial charge in [0, 0.05) is 6.07 Å². The van der Waals surface area contributed by atoms with Crippen molar-refractivity contribution in [1.82, 2.24) is 0 Å². The molecule has 1 atom stereocenters. The van der Waals surface area contributed by atoms with E-state index in [2.05, 4.69) is 0 Å². The van der Waals surface area contributed by atoms with Crippen LogP contribution in [-0.4, -0.2) is 17.3 Å². The Morgan fingerprint density at radius 3 is 2.75 bits per heavy atom. The molecule has 0 heterocycles. The van der Waals surface area contributed by atoms with Gasteiger partial charge in [0.05, 0.1) is 4.92 Å². The zero-order valence-corrected chi connectivity index (χ0v) is 9.17. The first-order valence-electron chi connectivity index (χ1n) is 4.96. The van der Waals surface area contributed by atoms with Crippen LogP contribution in [-0.2, 0) is 4.79 Å². The van der Waals surface area contributed by atoms with Crippen LogP contribution in [0.3, 0.4) is 0 Å². The van der Waals surface area contributed by atoms with E-state index in [-0.39, 0.29) is 11.4 Å². The van der Waals surface area contributed by atoms with Gasteiger partial charge < -0.3 is 4.74 Å². The first-order chi connectivity index (χ1) is 7.60. The summed E-state index contributed by atoms with van der Waals surface area (Å²) < 4.78 is 5.33. The minimum Gasteiger partial charge on any atom is -0.476 e. The van der Waals surface area contributed by atoms with E-state index in [1.54, 1.807) is 26.0 Å². The molecule has 1 rings (SSSR count). The highest BCUT2D eigenvalue weighted by molar-refractivity contribution is 5.59. The number of benzene rings is 1. The summed E-state index contributed by atoms with van der Waals surface area (Å²) in [5.74, 6) is 0.173. The van der Waals surface area contributed by atoms with Crippen molar-refractivity contribution in [3.8, 4) is 5.75 Å². The minimum absolute atomic E-state index is 0.111. The summed E-state index contributed by atoms with van der Waals surface area (Å²) in [6.07, 6.45) is 0.491. The lowest BCUT2D eigenvalue weighted by atomic mass is 10.2. The third-order valence-electron chi connectivity index (χ3n) is 2.21. The second kappa shape index (κ2) is 5.25. The summed E-state index contributed by atoms with van der Waals surface area (Å²) in [4.78, 5) is 20.9. The SMILES string of the molecule is CCC(C=O)Oc1c(C)cccc1[N+](=O)[O-]. The molecule has 0 spiro atoms. The summed E-state index contributed by atoms with van der Waals surface area (Å²) >= 11 is 0. The fraction of sp³-hybridized carbons (Fsp3) is 0.364. The van der Waals surface area contributed by atoms with E-state index in [0.29, 0.717) is 18.3 Å². The quantitative estimate of drug-likeness (QED) is 0.436. The first-order valence-corrected chi connectivity index (χ1v) is 4.96. The number of para-hydroxylation sites is 1. The molecule has 0 amide bonds. The predicted molar refractivity (Wildman–Crippen MR) is 58.6 cm³/mol. The van der Waals surface area contributed by atoms with Gasteiger partial charge in [0.1, 0.15) is 0 Å². The van der Waals surface area contributed by atoms with E-state index in [0.717, 1.165) is 0 Å². The van der Waals surface area contributed by atoms with Crippen molar-refractivity contribution in [3.63, 3.8) is 0 Å². The Morgan fingerprint density at radius 2 is 2.25 bits per heavy atom. The van der Waals surface area contributed by atoms with Gasteiger partial charge in [-0.3, -0.25) is 14.9 Å². The fourth-order valence-electron chi connectivity index (χ4n) is 1.29. The summed E-state index contributed by atoms with van der Waals surface area (Å²) in [6.45, 7) is 3.49. The highest BCUT2D eigenvalue weighted by Crippen LogP contribution is 2.31. The van der Waals surface area contributed by atoms with Crippen molar-refractivity contribution in [1.29, 1.82) is 0 Å². The molecule has 0 aliphatic rings. The van der Waals surface area contributed by atoms with E-state index in [1.165, 1.54) is 6.07 Å². The second-order valence-electron chi connectivity index (χ2n) is 3.38. The van der Waals surface area contributed by atoms with Crippen LogP contribution in [0.25, 0.3) is 0 Å². The average Bonchev–Trinajstić information content (AvgIpc) is 2.27. The number of aryl methyl sites for hydroxylation is 1. The Morgan fingerprint density at radius 1 is 1.56 bits per heavy atom. The molecule has 0 aliphatic heterocycles. The lowest BCUT2D eigenvalue weighted by molar-refractivity contribution is -0.386. The lowest BCUT2D eigenvalue weighted by Crippen LogP contribution is -2.17. The first kappa shape index (κ1) is 12.2. The van der Waals surface area contributed by atoms with Crippen LogP contribution in [0.2, 0.25) is 0 Å². The van der Waals surface area contributed by atoms with Crippen LogP contribution in [0.15, 0.2) is 18.2 Å². The number of ether oxygens (including phenoxy) is 1. The van der Waals surface area contributed by atoms with Crippen molar-refractivity contribution in [2.45, 2.75) is 26.4 Å². The molecule has 86 valence electrons. The maximum absolute atomic E-state index is 10.8. The number of nitro benzene ring substituents is 1. The van der Waals surface area contributed by atoms with Gasteiger partial charge >= 0.3 is 5.69 Å². The molecular formula is C11H13NO4. The van der Waals surface area contributed by atoms with Crippen LogP contribution >= 0.6 is 0 Å². The molecule has 5 heteroatoms. The largest absolute Gasteiger partial charge is 0.476 e. The van der Waals surface area contributed by atoms with E-state index >= 15 is 0 Å². The number of carbonyl (C=O) groups is 1. The molecule has 0 radical (unpaired) electrons. The lowest BCUT2D eigenvalue weighted by Gasteiger charge is -2.13. The number of hydrogen-bond donors (Lipinski definition) is 0. The molecule has 0 saturated carbocycles. The zero-order chi connectivity index (χ0) is 12.1. The average molecular weight is 223 g/mol. The van der Waals surface area contributed by atoms with Crippen molar-refractivity contribution in [2.75, 3.05) is 0 Å². The van der Waals surface area contributed by atoms with Crippen molar-refractivity contribution < 1.29 is 14.5 Å². The van der Waals surface area contributed by atoms with Gasteiger partial charge in [0.2, 0.25) is 5.75 Å². The molecule has 1 unspecified atom stereocenters. The normalized spacial score (nSPS) is 11.9. The highest BCUT2D eigenvalue weighted by atomic mass is 16.6. The van der Waals surface area contributed by atoms with E-state index in [9.17, 15) is 14.9 Å². The van der Waals surface area contributed by atoms with Crippen LogP contribution in [0.5, 0.6) is 5.75 Å². The molecule has 0 bridgehead atoms. The number of nitro groups is 1. The van der Waals surface area contributed by atoms with Crippen LogP contribution < -0.4 is 4.74 Å². The number of aldehydes is 1. The second-order valence-corrected chi connectivity index (χ2v) is 3.38. The molecule has 1 aromatic rings. The number of rotatable bonds is 5. The van der Waals surface area contributed by atoms with E-state index in [1.807, 2.05) is 0 Å². The van der Waals surface area contributed by atoms with Gasteiger partial charge in [-0.15, -0.1) is 0 Å². The molecular weight excluding hydrogens is 210 g/mol. The van der Waals surface area contributed by atoms with Gasteiger partial charge in [-0.1, -0.05) is 19.1 Å². The topological polar surface area (TPSA) is 69.4 Å². The Balaban J connectivity index is 3.10. The molecule has 0 aliphatic carbocycles. The van der Waals surface area contributed by atoms with Gasteiger partial charge in [-0.2, -0.15) is 0 Å². The van der Waals surface area contributed by atoms with Gasteiger partial charge in [0.15, 0.2) is 12.4 Å². The van der Waals surface area contributed by atoms with Gasteiger partial charge in [-0.25, -0.2) is 0 Å². The Bertz CT molecular complexity index is 403. The molecule has 5 nitrogen and oxygen atoms in total. The Hall–Kier alpha value is -1.91. The van der Waals surface area contributed by atoms with Crippen molar-refractivity contribution in [3.05, 3.63) is 33.9 Å². The smallest absolute Gasteiger partial charge is 0.311 e. The summed E-state index contributed by atoms with van der Waals surface area (Å²) in [5, 5.41) is 10.8. The molecule has 0 fully saturated rings. The van der Waals surface area contributed by atoms with Crippen LogP contribution in [0.1, 0.15) is 18.9 Å². The zero-order valence-electron chi connectivity index (χ0n) is 9.17. The summed E-state index contributed by atoms with van der Waals surface area (Å²) in [5.41, 5.74) is 0.537. The number of hydrogen-bond acceptors (Lipinski definition) is 4. The summed E-state index contributed by atoms with van der Waals surface area (Å²) in [6, 6.07) is 4.65. The standard InChI is InChI=1S/C11H13NO4/c1-3-9(7-13)16-11-8(2)5-4-6-10(11)12(14)15/h4-7,9H,3H2,1-2H3. The third-order valence-corrected chi connectivity index (χ3v) is 2.21. The predicted octanol–water partition coefficient (Wildman–Crippen LogP) is 2.26. The van der Waals surface area contributed by atoms with Gasteiger partial charge in [-0.05, 0) is 18.9 Å². The number of nitrogens with zero attached hydrogens (tertiary/aromatic N) is 1. The fourth-order valence-corrected chi connectivity index (χ4v) is 1.29. The van der Waals surface area contributed by atoms with E-state index in [4.69, 9.17) is 4.74 Å². The Kier molecular flexibility index (Phi) is 3.99. The number of carbonyl (C=O) groups excluding carboxylic acids is 1. The van der Waals surface area contributed by atoms with E-state index < -0.39 is 11.0 Å². The Labute approximate surface area is 93.2 Å². The highest BCUT2D eigenvalue weighted by Gasteiger charge is 2.19. The van der Waals surface area contributed by atoms with Crippen molar-refractivity contribution >= 4 is 12.0 Å². The monoisotopic (exact) mass is 223 g/mol. The van der Waals surface area contributed by atoms with Crippen LogP contribution in [0, 0.1) is 17.0 Å².